The van der Waals surface area contributed by atoms with Gasteiger partial charge in [-0.2, -0.15) is 0 Å². The predicted molar refractivity (Wildman–Crippen MR) is 98.5 cm³/mol. The van der Waals surface area contributed by atoms with E-state index in [-0.39, 0.29) is 29.8 Å². The van der Waals surface area contributed by atoms with Gasteiger partial charge in [-0.05, 0) is 58.6 Å². The minimum atomic E-state index is -0.704. The highest BCUT2D eigenvalue weighted by atomic mass is 35.5. The maximum atomic E-state index is 14.4. The van der Waals surface area contributed by atoms with Crippen LogP contribution in [0.3, 0.4) is 0 Å². The Kier molecular flexibility index (Phi) is 6.58. The van der Waals surface area contributed by atoms with Gasteiger partial charge in [0, 0.05) is 6.42 Å². The molecule has 1 heterocycles. The molecule has 0 bridgehead atoms. The smallest absolute Gasteiger partial charge is 0.489 e. The summed E-state index contributed by atoms with van der Waals surface area (Å²) >= 11 is 6.18. The zero-order valence-corrected chi connectivity index (χ0v) is 16.6. The van der Waals surface area contributed by atoms with Crippen LogP contribution >= 0.6 is 11.6 Å². The second kappa shape index (κ2) is 8.15. The van der Waals surface area contributed by atoms with Crippen molar-refractivity contribution in [2.24, 2.45) is 0 Å². The van der Waals surface area contributed by atoms with E-state index in [1.165, 1.54) is 6.07 Å². The first-order valence-corrected chi connectivity index (χ1v) is 9.08. The van der Waals surface area contributed by atoms with E-state index in [4.69, 9.17) is 30.4 Å². The van der Waals surface area contributed by atoms with Crippen molar-refractivity contribution in [1.29, 1.82) is 0 Å². The molecule has 1 aliphatic rings. The highest BCUT2D eigenvalue weighted by molar-refractivity contribution is 6.62. The maximum absolute atomic E-state index is 14.4. The quantitative estimate of drug-likeness (QED) is 0.408. The van der Waals surface area contributed by atoms with Crippen molar-refractivity contribution in [3.8, 4) is 5.75 Å². The van der Waals surface area contributed by atoms with Gasteiger partial charge in [0.15, 0.2) is 11.6 Å². The number of hydrogen-bond acceptors (Lipinski definition) is 5. The second-order valence-corrected chi connectivity index (χ2v) is 7.57. The van der Waals surface area contributed by atoms with E-state index in [1.54, 1.807) is 13.0 Å². The van der Waals surface area contributed by atoms with Crippen molar-refractivity contribution in [1.82, 2.24) is 0 Å². The van der Waals surface area contributed by atoms with Crippen molar-refractivity contribution in [3.05, 3.63) is 23.0 Å². The fraction of sp³-hybridized carbons (Fsp3) is 0.611. The third-order valence-corrected chi connectivity index (χ3v) is 4.90. The molecule has 0 amide bonds. The molecule has 1 fully saturated rings. The van der Waals surface area contributed by atoms with E-state index < -0.39 is 24.1 Å². The van der Waals surface area contributed by atoms with Crippen molar-refractivity contribution in [2.75, 3.05) is 13.2 Å². The highest BCUT2D eigenvalue weighted by Crippen LogP contribution is 2.37. The zero-order valence-electron chi connectivity index (χ0n) is 15.9. The van der Waals surface area contributed by atoms with Gasteiger partial charge in [0.1, 0.15) is 0 Å². The normalized spacial score (nSPS) is 18.0. The minimum absolute atomic E-state index is 0.0456. The number of hydrogen-bond donors (Lipinski definition) is 0. The van der Waals surface area contributed by atoms with Gasteiger partial charge in [0.25, 0.3) is 0 Å². The number of carbonyl (C=O) groups is 1. The van der Waals surface area contributed by atoms with Crippen LogP contribution in [-0.2, 0) is 18.8 Å². The van der Waals surface area contributed by atoms with Gasteiger partial charge in [0.05, 0.1) is 29.4 Å². The molecule has 0 aromatic heterocycles. The van der Waals surface area contributed by atoms with Crippen LogP contribution in [0.2, 0.25) is 5.02 Å². The second-order valence-electron chi connectivity index (χ2n) is 7.16. The van der Waals surface area contributed by atoms with Gasteiger partial charge in [-0.3, -0.25) is 4.79 Å². The first-order valence-electron chi connectivity index (χ1n) is 8.70. The van der Waals surface area contributed by atoms with E-state index in [2.05, 4.69) is 0 Å². The van der Waals surface area contributed by atoms with E-state index in [9.17, 15) is 9.18 Å². The van der Waals surface area contributed by atoms with Crippen LogP contribution in [-0.4, -0.2) is 37.5 Å². The van der Waals surface area contributed by atoms with Crippen molar-refractivity contribution >= 4 is 30.2 Å². The molecule has 1 saturated heterocycles. The first-order chi connectivity index (χ1) is 12.1. The number of benzene rings is 1. The average molecular weight is 387 g/mol. The molecule has 1 aromatic rings. The molecule has 2 rings (SSSR count). The molecule has 1 aromatic carbocycles. The Morgan fingerprint density at radius 2 is 1.85 bits per heavy atom. The Morgan fingerprint density at radius 1 is 1.23 bits per heavy atom. The minimum Gasteiger partial charge on any atom is -0.489 e. The molecule has 8 heteroatoms. The molecule has 26 heavy (non-hydrogen) atoms. The molecule has 0 unspecified atom stereocenters. The van der Waals surface area contributed by atoms with Gasteiger partial charge in [-0.25, -0.2) is 4.39 Å². The number of esters is 1. The van der Waals surface area contributed by atoms with Crippen molar-refractivity contribution in [3.63, 3.8) is 0 Å². The third kappa shape index (κ3) is 4.70. The topological polar surface area (TPSA) is 54.0 Å². The summed E-state index contributed by atoms with van der Waals surface area (Å²) in [6, 6.07) is 2.88. The van der Waals surface area contributed by atoms with Crippen LogP contribution < -0.4 is 10.2 Å². The van der Waals surface area contributed by atoms with Crippen LogP contribution in [0.5, 0.6) is 5.75 Å². The predicted octanol–water partition coefficient (Wildman–Crippen LogP) is 3.50. The molecule has 1 aliphatic heterocycles. The lowest BCUT2D eigenvalue weighted by Crippen LogP contribution is -2.41. The van der Waals surface area contributed by atoms with Crippen LogP contribution in [0.25, 0.3) is 0 Å². The summed E-state index contributed by atoms with van der Waals surface area (Å²) in [6.45, 7) is 9.92. The van der Waals surface area contributed by atoms with Gasteiger partial charge < -0.3 is 18.8 Å². The van der Waals surface area contributed by atoms with Gasteiger partial charge in [-0.15, -0.1) is 0 Å². The van der Waals surface area contributed by atoms with Crippen molar-refractivity contribution in [2.45, 2.75) is 58.7 Å². The molecule has 0 atom stereocenters. The molecule has 0 N–H and O–H groups in total. The van der Waals surface area contributed by atoms with E-state index in [1.807, 2.05) is 27.7 Å². The highest BCUT2D eigenvalue weighted by Gasteiger charge is 2.51. The number of carbonyl (C=O) groups excluding carboxylic acids is 1. The summed E-state index contributed by atoms with van der Waals surface area (Å²) in [7, 11) is -0.704. The monoisotopic (exact) mass is 386 g/mol. The zero-order chi connectivity index (χ0) is 19.5. The Labute approximate surface area is 159 Å². The SMILES string of the molecule is CCOC(=O)CCCOc1c(F)cc(B2OC(C)(C)C(C)(C)O2)cc1Cl. The Hall–Kier alpha value is -1.31. The number of rotatable bonds is 7. The summed E-state index contributed by atoms with van der Waals surface area (Å²) in [5.41, 5.74) is -0.559. The lowest BCUT2D eigenvalue weighted by molar-refractivity contribution is -0.143. The number of ether oxygens (including phenoxy) is 2. The van der Waals surface area contributed by atoms with E-state index >= 15 is 0 Å². The summed E-state index contributed by atoms with van der Waals surface area (Å²) in [6.07, 6.45) is 0.618. The van der Waals surface area contributed by atoms with Gasteiger partial charge in [-0.1, -0.05) is 11.6 Å². The lowest BCUT2D eigenvalue weighted by atomic mass is 9.79. The molecular formula is C18H25BClFO5. The molecule has 144 valence electrons. The summed E-state index contributed by atoms with van der Waals surface area (Å²) in [4.78, 5) is 11.3. The van der Waals surface area contributed by atoms with Crippen LogP contribution in [0.4, 0.5) is 4.39 Å². The first kappa shape index (κ1) is 21.0. The Bertz CT molecular complexity index is 626. The van der Waals surface area contributed by atoms with E-state index in [0.29, 0.717) is 18.5 Å². The Balaban J connectivity index is 2.01. The summed E-state index contributed by atoms with van der Waals surface area (Å²) in [5, 5.41) is 0.130. The largest absolute Gasteiger partial charge is 0.494 e. The molecule has 0 aliphatic carbocycles. The average Bonchev–Trinajstić information content (AvgIpc) is 2.74. The standard InChI is InChI=1S/C18H25BClFO5/c1-6-23-15(22)8-7-9-24-16-13(20)10-12(11-14(16)21)19-25-17(2,3)18(4,5)26-19/h10-11H,6-9H2,1-5H3. The van der Waals surface area contributed by atoms with Crippen LogP contribution in [0.15, 0.2) is 12.1 Å². The molecule has 0 saturated carbocycles. The molecular weight excluding hydrogens is 361 g/mol. The third-order valence-electron chi connectivity index (χ3n) is 4.62. The fourth-order valence-corrected chi connectivity index (χ4v) is 2.73. The number of halogens is 2. The van der Waals surface area contributed by atoms with Crippen molar-refractivity contribution < 1.29 is 28.0 Å². The maximum Gasteiger partial charge on any atom is 0.494 e. The van der Waals surface area contributed by atoms with Crippen LogP contribution in [0, 0.1) is 5.82 Å². The Morgan fingerprint density at radius 3 is 2.38 bits per heavy atom. The fourth-order valence-electron chi connectivity index (χ4n) is 2.46. The molecule has 0 radical (unpaired) electrons. The lowest BCUT2D eigenvalue weighted by Gasteiger charge is -2.32. The van der Waals surface area contributed by atoms with E-state index in [0.717, 1.165) is 0 Å². The summed E-state index contributed by atoms with van der Waals surface area (Å²) in [5.74, 6) is -0.951. The van der Waals surface area contributed by atoms with Gasteiger partial charge >= 0.3 is 13.1 Å². The summed E-state index contributed by atoms with van der Waals surface area (Å²) < 4.78 is 36.5. The molecule has 0 spiro atoms. The van der Waals surface area contributed by atoms with Gasteiger partial charge in [0.2, 0.25) is 0 Å². The van der Waals surface area contributed by atoms with Crippen LogP contribution in [0.1, 0.15) is 47.5 Å². The molecule has 5 nitrogen and oxygen atoms in total.